The van der Waals surface area contributed by atoms with Crippen LogP contribution in [0.15, 0.2) is 22.7 Å². The fourth-order valence-corrected chi connectivity index (χ4v) is 5.57. The number of fused-ring (bicyclic) bond motifs is 1. The highest BCUT2D eigenvalue weighted by molar-refractivity contribution is 7.13. The third-order valence-electron chi connectivity index (χ3n) is 6.32. The number of likely N-dealkylation sites (N-methyl/N-ethyl adjacent to an activating group) is 1. The van der Waals surface area contributed by atoms with Crippen LogP contribution in [0.5, 0.6) is 0 Å². The van der Waals surface area contributed by atoms with E-state index in [1.807, 2.05) is 11.9 Å². The second kappa shape index (κ2) is 12.2. The van der Waals surface area contributed by atoms with Crippen molar-refractivity contribution in [1.82, 2.24) is 35.7 Å². The number of anilines is 2. The molecular weight excluding hydrogens is 569 g/mol. The monoisotopic (exact) mass is 595 g/mol. The maximum Gasteiger partial charge on any atom is 0.318 e. The van der Waals surface area contributed by atoms with Crippen molar-refractivity contribution in [3.63, 3.8) is 0 Å². The molecule has 13 nitrogen and oxygen atoms in total. The van der Waals surface area contributed by atoms with E-state index >= 15 is 0 Å². The Morgan fingerprint density at radius 3 is 2.67 bits per heavy atom. The fourth-order valence-electron chi connectivity index (χ4n) is 4.37. The first-order valence-corrected chi connectivity index (χ1v) is 13.2. The summed E-state index contributed by atoms with van der Waals surface area (Å²) in [6.07, 6.45) is 2.58. The van der Waals surface area contributed by atoms with E-state index in [0.29, 0.717) is 34.9 Å². The number of nitrogens with zero attached hydrogens (tertiary/aromatic N) is 6. The molecule has 2 aliphatic heterocycles. The number of amides is 3. The molecule has 0 spiro atoms. The summed E-state index contributed by atoms with van der Waals surface area (Å²) < 4.78 is 5.56. The third kappa shape index (κ3) is 6.82. The van der Waals surface area contributed by atoms with Crippen molar-refractivity contribution in [2.75, 3.05) is 36.9 Å². The number of aryl methyl sites for hydroxylation is 1. The van der Waals surface area contributed by atoms with Gasteiger partial charge in [-0.15, -0.1) is 28.8 Å². The summed E-state index contributed by atoms with van der Waals surface area (Å²) in [6, 6.07) is 2.28. The lowest BCUT2D eigenvalue weighted by atomic mass is 9.99. The van der Waals surface area contributed by atoms with Gasteiger partial charge >= 0.3 is 17.8 Å². The Kier molecular flexibility index (Phi) is 9.00. The van der Waals surface area contributed by atoms with Gasteiger partial charge in [-0.1, -0.05) is 16.7 Å². The molecule has 3 aromatic heterocycles. The van der Waals surface area contributed by atoms with Gasteiger partial charge in [-0.05, 0) is 25.6 Å². The first-order chi connectivity index (χ1) is 18.2. The van der Waals surface area contributed by atoms with E-state index in [4.69, 9.17) is 16.0 Å². The van der Waals surface area contributed by atoms with Crippen molar-refractivity contribution in [2.24, 2.45) is 0 Å². The lowest BCUT2D eigenvalue weighted by Crippen LogP contribution is -2.61. The Balaban J connectivity index is 0.00000353. The van der Waals surface area contributed by atoms with E-state index in [-0.39, 0.29) is 30.7 Å². The quantitative estimate of drug-likeness (QED) is 0.368. The van der Waals surface area contributed by atoms with Gasteiger partial charge in [0.2, 0.25) is 5.89 Å². The zero-order valence-electron chi connectivity index (χ0n) is 21.1. The number of aromatic nitrogens is 4. The van der Waals surface area contributed by atoms with Crippen molar-refractivity contribution in [3.05, 3.63) is 44.8 Å². The minimum Gasteiger partial charge on any atom is -0.408 e. The second-order valence-electron chi connectivity index (χ2n) is 9.19. The van der Waals surface area contributed by atoms with Gasteiger partial charge in [-0.25, -0.2) is 9.97 Å². The molecule has 16 heteroatoms. The molecular formula is C23H27Cl2N9O4S. The van der Waals surface area contributed by atoms with Crippen molar-refractivity contribution in [1.29, 1.82) is 0 Å². The molecule has 0 saturated carbocycles. The second-order valence-corrected chi connectivity index (χ2v) is 10.7. The van der Waals surface area contributed by atoms with Crippen LogP contribution in [0.1, 0.15) is 32.7 Å². The van der Waals surface area contributed by atoms with Crippen LogP contribution in [0.25, 0.3) is 0 Å². The molecule has 208 valence electrons. The molecule has 0 aliphatic carbocycles. The van der Waals surface area contributed by atoms with E-state index in [1.165, 1.54) is 23.6 Å². The molecule has 3 amide bonds. The molecule has 2 atom stereocenters. The van der Waals surface area contributed by atoms with E-state index in [9.17, 15) is 14.4 Å². The molecule has 2 aliphatic rings. The predicted molar refractivity (Wildman–Crippen MR) is 146 cm³/mol. The van der Waals surface area contributed by atoms with Crippen LogP contribution in [0.2, 0.25) is 5.02 Å². The average Bonchev–Trinajstić information content (AvgIpc) is 3.52. The topological polar surface area (TPSA) is 158 Å². The highest BCUT2D eigenvalue weighted by Crippen LogP contribution is 2.25. The minimum absolute atomic E-state index is 0. The summed E-state index contributed by atoms with van der Waals surface area (Å²) >= 11 is 7.19. The third-order valence-corrected chi connectivity index (χ3v) is 7.63. The van der Waals surface area contributed by atoms with Gasteiger partial charge in [-0.3, -0.25) is 14.4 Å². The maximum absolute atomic E-state index is 13.2. The van der Waals surface area contributed by atoms with Gasteiger partial charge in [-0.2, -0.15) is 0 Å². The van der Waals surface area contributed by atoms with Crippen LogP contribution in [-0.4, -0.2) is 81.6 Å². The van der Waals surface area contributed by atoms with Crippen molar-refractivity contribution in [3.8, 4) is 0 Å². The van der Waals surface area contributed by atoms with Crippen molar-refractivity contribution >= 4 is 64.9 Å². The van der Waals surface area contributed by atoms with Gasteiger partial charge in [0.05, 0.1) is 22.8 Å². The predicted octanol–water partition coefficient (Wildman–Crippen LogP) is 1.42. The number of carbonyl (C=O) groups is 3. The van der Waals surface area contributed by atoms with E-state index in [2.05, 4.69) is 41.0 Å². The zero-order valence-corrected chi connectivity index (χ0v) is 23.5. The molecule has 3 N–H and O–H groups in total. The number of hydrogen-bond acceptors (Lipinski definition) is 11. The summed E-state index contributed by atoms with van der Waals surface area (Å²) in [5.74, 6) is -1.45. The van der Waals surface area contributed by atoms with Crippen LogP contribution in [0, 0.1) is 6.92 Å². The van der Waals surface area contributed by atoms with Crippen LogP contribution >= 0.6 is 35.3 Å². The Morgan fingerprint density at radius 2 is 1.95 bits per heavy atom. The lowest BCUT2D eigenvalue weighted by molar-refractivity contribution is -0.136. The number of pyridine rings is 1. The molecule has 1 fully saturated rings. The fraction of sp³-hybridized carbons (Fsp3) is 0.435. The molecule has 5 rings (SSSR count). The lowest BCUT2D eigenvalue weighted by Gasteiger charge is -2.38. The summed E-state index contributed by atoms with van der Waals surface area (Å²) in [4.78, 5) is 52.1. The van der Waals surface area contributed by atoms with E-state index < -0.39 is 23.9 Å². The summed E-state index contributed by atoms with van der Waals surface area (Å²) in [6.45, 7) is 4.09. The largest absolute Gasteiger partial charge is 0.408 e. The highest BCUT2D eigenvalue weighted by atomic mass is 35.5. The first kappa shape index (κ1) is 28.7. The van der Waals surface area contributed by atoms with Gasteiger partial charge in [0.1, 0.15) is 5.82 Å². The molecule has 0 bridgehead atoms. The number of hydrogen-bond donors (Lipinski definition) is 3. The van der Waals surface area contributed by atoms with Crippen molar-refractivity contribution < 1.29 is 18.8 Å². The van der Waals surface area contributed by atoms with Gasteiger partial charge in [0.15, 0.2) is 5.01 Å². The minimum atomic E-state index is -0.878. The Hall–Kier alpha value is -3.33. The summed E-state index contributed by atoms with van der Waals surface area (Å²) in [5.41, 5.74) is 0.946. The molecule has 39 heavy (non-hydrogen) atoms. The molecule has 0 radical (unpaired) electrons. The SMILES string of the molecule is Cc1nnc(N2CC[C@H](NC(=O)C(=O)Nc3ccc(Cl)cn3)[C@H](NC(=O)c3nc4c(s3)CN(C)CC4)C2)o1.Cl. The van der Waals surface area contributed by atoms with Gasteiger partial charge in [0.25, 0.3) is 5.91 Å². The maximum atomic E-state index is 13.2. The molecule has 3 aromatic rings. The van der Waals surface area contributed by atoms with Crippen molar-refractivity contribution in [2.45, 2.75) is 38.4 Å². The number of halogens is 2. The van der Waals surface area contributed by atoms with Crippen LogP contribution < -0.4 is 20.9 Å². The number of carbonyl (C=O) groups excluding carboxylic acids is 3. The Morgan fingerprint density at radius 1 is 1.13 bits per heavy atom. The van der Waals surface area contributed by atoms with Gasteiger partial charge in [0, 0.05) is 50.6 Å². The number of nitrogens with one attached hydrogen (secondary N) is 3. The molecule has 0 unspecified atom stereocenters. The Labute approximate surface area is 239 Å². The number of rotatable bonds is 5. The normalized spacial score (nSPS) is 19.0. The van der Waals surface area contributed by atoms with Gasteiger partial charge < -0.3 is 30.2 Å². The van der Waals surface area contributed by atoms with Crippen LogP contribution in [0.4, 0.5) is 11.8 Å². The zero-order chi connectivity index (χ0) is 26.8. The highest BCUT2D eigenvalue weighted by Gasteiger charge is 2.35. The first-order valence-electron chi connectivity index (χ1n) is 12.0. The number of thiazole rings is 1. The average molecular weight is 597 g/mol. The Bertz CT molecular complexity index is 1350. The van der Waals surface area contributed by atoms with E-state index in [1.54, 1.807) is 13.0 Å². The van der Waals surface area contributed by atoms with E-state index in [0.717, 1.165) is 30.1 Å². The summed E-state index contributed by atoms with van der Waals surface area (Å²) in [7, 11) is 2.03. The molecule has 1 saturated heterocycles. The van der Waals surface area contributed by atoms with Crippen LogP contribution in [-0.2, 0) is 22.6 Å². The molecule has 0 aromatic carbocycles. The molecule has 5 heterocycles. The van der Waals surface area contributed by atoms with Crippen LogP contribution in [0.3, 0.4) is 0 Å². The summed E-state index contributed by atoms with van der Waals surface area (Å²) in [5, 5.41) is 16.9. The standard InChI is InChI=1S/C23H26ClN9O4S.ClH/c1-12-30-31-23(37-12)33-8-6-14(26-19(34)20(35)29-18-4-3-13(24)9-25-18)16(10-33)27-21(36)22-28-15-5-7-32(2)11-17(15)38-22;/h3-4,9,14,16H,5-8,10-11H2,1-2H3,(H,26,34)(H,27,36)(H,25,29,35);1H/t14-,16+;/m0./s1. The number of piperidine rings is 1. The smallest absolute Gasteiger partial charge is 0.318 e.